The molecule has 0 atom stereocenters. The van der Waals surface area contributed by atoms with Crippen LogP contribution in [-0.4, -0.2) is 33.0 Å². The standard InChI is InChI=1S/C24H35NO2S.ClH/c1-5-16-25(17-6-2)18-15-21-7-9-22(10-8-21)19-28(26,27)24-13-11-23(12-14-24)20(3)4;/h7-14,20H,5-6,15-19H2,1-4H3;1H. The van der Waals surface area contributed by atoms with Crippen molar-refractivity contribution in [3.8, 4) is 0 Å². The summed E-state index contributed by atoms with van der Waals surface area (Å²) in [6.07, 6.45) is 3.35. The minimum Gasteiger partial charge on any atom is -0.303 e. The summed E-state index contributed by atoms with van der Waals surface area (Å²) in [5.74, 6) is 0.446. The van der Waals surface area contributed by atoms with Gasteiger partial charge in [-0.15, -0.1) is 12.4 Å². The van der Waals surface area contributed by atoms with Crippen molar-refractivity contribution >= 4 is 22.2 Å². The van der Waals surface area contributed by atoms with E-state index in [4.69, 9.17) is 0 Å². The minimum absolute atomic E-state index is 0. The summed E-state index contributed by atoms with van der Waals surface area (Å²) in [5, 5.41) is 0. The number of nitrogens with zero attached hydrogens (tertiary/aromatic N) is 1. The zero-order valence-electron chi connectivity index (χ0n) is 18.2. The number of sulfone groups is 1. The molecule has 2 aromatic rings. The van der Waals surface area contributed by atoms with E-state index in [2.05, 4.69) is 44.7 Å². The molecule has 0 amide bonds. The van der Waals surface area contributed by atoms with Gasteiger partial charge in [0, 0.05) is 6.54 Å². The van der Waals surface area contributed by atoms with Crippen molar-refractivity contribution in [2.45, 2.75) is 63.5 Å². The lowest BCUT2D eigenvalue weighted by molar-refractivity contribution is 0.278. The molecule has 162 valence electrons. The summed E-state index contributed by atoms with van der Waals surface area (Å²) in [5.41, 5.74) is 3.26. The maximum absolute atomic E-state index is 12.7. The van der Waals surface area contributed by atoms with Crippen LogP contribution in [0.25, 0.3) is 0 Å². The first kappa shape index (κ1) is 25.7. The Morgan fingerprint density at radius 2 is 1.31 bits per heavy atom. The highest BCUT2D eigenvalue weighted by Gasteiger charge is 2.15. The quantitative estimate of drug-likeness (QED) is 0.441. The van der Waals surface area contributed by atoms with Gasteiger partial charge in [-0.3, -0.25) is 0 Å². The van der Waals surface area contributed by atoms with Crippen LogP contribution in [0.15, 0.2) is 53.4 Å². The Morgan fingerprint density at radius 3 is 1.79 bits per heavy atom. The van der Waals surface area contributed by atoms with Gasteiger partial charge < -0.3 is 4.90 Å². The van der Waals surface area contributed by atoms with E-state index in [1.807, 2.05) is 24.3 Å². The topological polar surface area (TPSA) is 37.4 Å². The Morgan fingerprint density at radius 1 is 0.793 bits per heavy atom. The summed E-state index contributed by atoms with van der Waals surface area (Å²) in [6, 6.07) is 15.4. The summed E-state index contributed by atoms with van der Waals surface area (Å²) < 4.78 is 25.4. The highest BCUT2D eigenvalue weighted by molar-refractivity contribution is 7.90. The Hall–Kier alpha value is -1.36. The van der Waals surface area contributed by atoms with Crippen molar-refractivity contribution in [3.63, 3.8) is 0 Å². The van der Waals surface area contributed by atoms with E-state index in [0.717, 1.165) is 37.2 Å². The Bertz CT molecular complexity index is 809. The molecule has 29 heavy (non-hydrogen) atoms. The molecule has 0 N–H and O–H groups in total. The van der Waals surface area contributed by atoms with Crippen molar-refractivity contribution in [2.24, 2.45) is 0 Å². The van der Waals surface area contributed by atoms with Crippen molar-refractivity contribution in [1.29, 1.82) is 0 Å². The third-order valence-corrected chi connectivity index (χ3v) is 6.79. The van der Waals surface area contributed by atoms with Gasteiger partial charge in [0.1, 0.15) is 0 Å². The average molecular weight is 438 g/mol. The SMILES string of the molecule is CCCN(CCC)CCc1ccc(CS(=O)(=O)c2ccc(C(C)C)cc2)cc1.Cl. The fourth-order valence-corrected chi connectivity index (χ4v) is 4.77. The molecule has 2 aromatic carbocycles. The lowest BCUT2D eigenvalue weighted by atomic mass is 10.0. The number of rotatable bonds is 11. The van der Waals surface area contributed by atoms with Crippen LogP contribution in [0, 0.1) is 0 Å². The molecule has 0 saturated heterocycles. The number of hydrogen-bond acceptors (Lipinski definition) is 3. The third kappa shape index (κ3) is 8.12. The van der Waals surface area contributed by atoms with E-state index in [-0.39, 0.29) is 18.2 Å². The van der Waals surface area contributed by atoms with Gasteiger partial charge in [-0.05, 0) is 67.1 Å². The summed E-state index contributed by atoms with van der Waals surface area (Å²) >= 11 is 0. The first-order chi connectivity index (χ1) is 13.4. The summed E-state index contributed by atoms with van der Waals surface area (Å²) in [7, 11) is -3.32. The van der Waals surface area contributed by atoms with Crippen LogP contribution in [0.3, 0.4) is 0 Å². The monoisotopic (exact) mass is 437 g/mol. The highest BCUT2D eigenvalue weighted by Crippen LogP contribution is 2.21. The first-order valence-electron chi connectivity index (χ1n) is 10.5. The minimum atomic E-state index is -3.32. The van der Waals surface area contributed by atoms with E-state index >= 15 is 0 Å². The molecule has 0 saturated carbocycles. The van der Waals surface area contributed by atoms with Crippen molar-refractivity contribution in [3.05, 3.63) is 65.2 Å². The van der Waals surface area contributed by atoms with E-state index in [9.17, 15) is 8.42 Å². The fraction of sp³-hybridized carbons (Fsp3) is 0.500. The molecular formula is C24H36ClNO2S. The van der Waals surface area contributed by atoms with Crippen LogP contribution in [0.5, 0.6) is 0 Å². The Balaban J connectivity index is 0.00000420. The van der Waals surface area contributed by atoms with Gasteiger partial charge in [0.05, 0.1) is 10.6 Å². The molecule has 0 radical (unpaired) electrons. The fourth-order valence-electron chi connectivity index (χ4n) is 3.42. The summed E-state index contributed by atoms with van der Waals surface area (Å²) in [6.45, 7) is 12.0. The van der Waals surface area contributed by atoms with Crippen LogP contribution in [0.1, 0.15) is 63.1 Å². The molecule has 2 rings (SSSR count). The zero-order chi connectivity index (χ0) is 20.6. The maximum atomic E-state index is 12.7. The second-order valence-corrected chi connectivity index (χ2v) is 9.88. The molecule has 0 heterocycles. The van der Waals surface area contributed by atoms with Gasteiger partial charge >= 0.3 is 0 Å². The molecule has 0 aliphatic heterocycles. The molecular weight excluding hydrogens is 402 g/mol. The van der Waals surface area contributed by atoms with Crippen molar-refractivity contribution in [1.82, 2.24) is 4.90 Å². The predicted octanol–water partition coefficient (Wildman–Crippen LogP) is 5.87. The van der Waals surface area contributed by atoms with Crippen LogP contribution < -0.4 is 0 Å². The van der Waals surface area contributed by atoms with E-state index in [1.54, 1.807) is 12.1 Å². The predicted molar refractivity (Wildman–Crippen MR) is 126 cm³/mol. The molecule has 3 nitrogen and oxygen atoms in total. The molecule has 0 bridgehead atoms. The molecule has 5 heteroatoms. The normalized spacial score (nSPS) is 11.7. The van der Waals surface area contributed by atoms with Crippen LogP contribution in [0.2, 0.25) is 0 Å². The van der Waals surface area contributed by atoms with Crippen molar-refractivity contribution < 1.29 is 8.42 Å². The van der Waals surface area contributed by atoms with Crippen LogP contribution in [-0.2, 0) is 22.0 Å². The second-order valence-electron chi connectivity index (χ2n) is 7.89. The van der Waals surface area contributed by atoms with Crippen LogP contribution >= 0.6 is 12.4 Å². The van der Waals surface area contributed by atoms with Gasteiger partial charge in [-0.2, -0.15) is 0 Å². The molecule has 0 aliphatic carbocycles. The molecule has 0 spiro atoms. The zero-order valence-corrected chi connectivity index (χ0v) is 19.9. The lowest BCUT2D eigenvalue weighted by Crippen LogP contribution is -2.27. The average Bonchev–Trinajstić information content (AvgIpc) is 2.67. The van der Waals surface area contributed by atoms with Gasteiger partial charge in [0.25, 0.3) is 0 Å². The maximum Gasteiger partial charge on any atom is 0.182 e. The first-order valence-corrected chi connectivity index (χ1v) is 12.1. The largest absolute Gasteiger partial charge is 0.303 e. The molecule has 0 aliphatic rings. The van der Waals surface area contributed by atoms with Gasteiger partial charge in [-0.1, -0.05) is 64.1 Å². The van der Waals surface area contributed by atoms with Crippen LogP contribution in [0.4, 0.5) is 0 Å². The van der Waals surface area contributed by atoms with Crippen molar-refractivity contribution in [2.75, 3.05) is 19.6 Å². The second kappa shape index (κ2) is 12.4. The summed E-state index contributed by atoms with van der Waals surface area (Å²) in [4.78, 5) is 2.90. The number of halogens is 1. The van der Waals surface area contributed by atoms with E-state index in [1.165, 1.54) is 18.4 Å². The van der Waals surface area contributed by atoms with E-state index in [0.29, 0.717) is 10.8 Å². The highest BCUT2D eigenvalue weighted by atomic mass is 35.5. The number of benzene rings is 2. The lowest BCUT2D eigenvalue weighted by Gasteiger charge is -2.20. The van der Waals surface area contributed by atoms with Gasteiger partial charge in [-0.25, -0.2) is 8.42 Å². The number of hydrogen-bond donors (Lipinski definition) is 0. The molecule has 0 aromatic heterocycles. The van der Waals surface area contributed by atoms with Gasteiger partial charge in [0.15, 0.2) is 9.84 Å². The smallest absolute Gasteiger partial charge is 0.182 e. The third-order valence-electron chi connectivity index (χ3n) is 5.08. The molecule has 0 unspecified atom stereocenters. The molecule has 0 fully saturated rings. The Labute approximate surface area is 183 Å². The Kier molecular flexibility index (Phi) is 10.9. The van der Waals surface area contributed by atoms with Gasteiger partial charge in [0.2, 0.25) is 0 Å². The van der Waals surface area contributed by atoms with E-state index < -0.39 is 9.84 Å².